The maximum atomic E-state index is 12.4. The number of halogens is 1. The minimum atomic E-state index is -2.94. The molecule has 2 aromatic carbocycles. The molecule has 0 aliphatic carbocycles. The highest BCUT2D eigenvalue weighted by atomic mass is 35.5. The van der Waals surface area contributed by atoms with E-state index < -0.39 is 23.8 Å². The molecule has 0 radical (unpaired) electrons. The van der Waals surface area contributed by atoms with E-state index >= 15 is 0 Å². The van der Waals surface area contributed by atoms with E-state index in [2.05, 4.69) is 0 Å². The van der Waals surface area contributed by atoms with Gasteiger partial charge in [-0.15, -0.1) is 0 Å². The van der Waals surface area contributed by atoms with Crippen molar-refractivity contribution in [1.82, 2.24) is 0 Å². The fourth-order valence-electron chi connectivity index (χ4n) is 3.72. The van der Waals surface area contributed by atoms with Crippen LogP contribution < -0.4 is 14.4 Å². The smallest absolute Gasteiger partial charge is 0.453 e. The summed E-state index contributed by atoms with van der Waals surface area (Å²) in [5, 5.41) is 19.5. The lowest BCUT2D eigenvalue weighted by molar-refractivity contribution is -0.194. The van der Waals surface area contributed by atoms with Crippen LogP contribution in [0.4, 0.5) is 10.5 Å². The summed E-state index contributed by atoms with van der Waals surface area (Å²) in [5.74, 6) is -6.70. The third-order valence-corrected chi connectivity index (χ3v) is 5.26. The van der Waals surface area contributed by atoms with Crippen molar-refractivity contribution in [3.05, 3.63) is 40.9 Å². The quantitative estimate of drug-likeness (QED) is 0.644. The minimum absolute atomic E-state index is 0.0421. The molecule has 1 fully saturated rings. The summed E-state index contributed by atoms with van der Waals surface area (Å²) in [6, 6.07) is 8.17. The summed E-state index contributed by atoms with van der Waals surface area (Å²) in [5.41, 5.74) is 1.92. The fraction of sp³-hybridized carbons (Fsp3) is 0.286. The van der Waals surface area contributed by atoms with Gasteiger partial charge in [-0.1, -0.05) is 37.1 Å². The van der Waals surface area contributed by atoms with E-state index in [0.717, 1.165) is 0 Å². The van der Waals surface area contributed by atoms with Crippen molar-refractivity contribution in [2.75, 3.05) is 18.1 Å². The van der Waals surface area contributed by atoms with Crippen LogP contribution in [0.1, 0.15) is 18.9 Å². The number of fused-ring (bicyclic) bond motifs is 1. The zero-order valence-corrected chi connectivity index (χ0v) is 17.1. The van der Waals surface area contributed by atoms with E-state index in [9.17, 15) is 24.6 Å². The molecule has 9 nitrogen and oxygen atoms in total. The Morgan fingerprint density at radius 2 is 1.94 bits per heavy atom. The number of cyclic esters (lactones) is 1. The molecule has 0 aromatic heterocycles. The number of aryl methyl sites for hydroxylation is 1. The Hall–Kier alpha value is -3.46. The Morgan fingerprint density at radius 3 is 2.52 bits per heavy atom. The number of carbonyl (C=O) groups is 3. The Labute approximate surface area is 181 Å². The molecule has 2 heterocycles. The average molecular weight is 448 g/mol. The van der Waals surface area contributed by atoms with Gasteiger partial charge in [-0.3, -0.25) is 4.90 Å². The summed E-state index contributed by atoms with van der Waals surface area (Å²) < 4.78 is 15.9. The highest BCUT2D eigenvalue weighted by Crippen LogP contribution is 2.53. The monoisotopic (exact) mass is 447 g/mol. The molecule has 0 unspecified atom stereocenters. The first-order chi connectivity index (χ1) is 14.8. The first kappa shape index (κ1) is 20.8. The molecule has 0 saturated carbocycles. The van der Waals surface area contributed by atoms with Crippen LogP contribution in [0.15, 0.2) is 30.3 Å². The number of hydrogen-bond donors (Lipinski definition) is 2. The summed E-state index contributed by atoms with van der Waals surface area (Å²) in [6.45, 7) is 2.39. The number of ether oxygens (including phenoxy) is 3. The molecular weight excluding hydrogens is 430 g/mol. The van der Waals surface area contributed by atoms with Crippen LogP contribution >= 0.6 is 11.6 Å². The second kappa shape index (κ2) is 7.66. The van der Waals surface area contributed by atoms with E-state index in [-0.39, 0.29) is 24.7 Å². The molecule has 0 bridgehead atoms. The second-order valence-electron chi connectivity index (χ2n) is 7.04. The number of nitrogens with zero attached hydrogens (tertiary/aromatic N) is 1. The van der Waals surface area contributed by atoms with Crippen LogP contribution in [-0.4, -0.2) is 47.2 Å². The van der Waals surface area contributed by atoms with Gasteiger partial charge >= 0.3 is 23.8 Å². The summed E-state index contributed by atoms with van der Waals surface area (Å²) in [6.07, 6.45) is 0.645. The van der Waals surface area contributed by atoms with Crippen molar-refractivity contribution in [3.8, 4) is 22.6 Å². The van der Waals surface area contributed by atoms with Gasteiger partial charge in [0.05, 0.1) is 17.8 Å². The lowest BCUT2D eigenvalue weighted by atomic mass is 9.95. The third kappa shape index (κ3) is 3.31. The molecule has 162 valence electrons. The predicted octanol–water partition coefficient (Wildman–Crippen LogP) is 3.55. The lowest BCUT2D eigenvalue weighted by Gasteiger charge is -2.23. The summed E-state index contributed by atoms with van der Waals surface area (Å²) in [4.78, 5) is 37.5. The molecule has 2 N–H and O–H groups in total. The first-order valence-corrected chi connectivity index (χ1v) is 9.91. The Morgan fingerprint density at radius 1 is 1.19 bits per heavy atom. The molecule has 0 spiro atoms. The van der Waals surface area contributed by atoms with Crippen molar-refractivity contribution in [1.29, 1.82) is 0 Å². The maximum absolute atomic E-state index is 12.4. The number of amides is 1. The fourth-order valence-corrected chi connectivity index (χ4v) is 3.91. The average Bonchev–Trinajstić information content (AvgIpc) is 3.31. The maximum Gasteiger partial charge on any atom is 0.453 e. The Bertz CT molecular complexity index is 1090. The van der Waals surface area contributed by atoms with Gasteiger partial charge in [0.1, 0.15) is 6.61 Å². The number of anilines is 1. The van der Waals surface area contributed by atoms with Gasteiger partial charge in [-0.2, -0.15) is 0 Å². The molecule has 2 aliphatic rings. The van der Waals surface area contributed by atoms with Gasteiger partial charge in [0, 0.05) is 5.02 Å². The van der Waals surface area contributed by atoms with Gasteiger partial charge in [-0.25, -0.2) is 14.4 Å². The molecule has 1 amide bonds. The van der Waals surface area contributed by atoms with Crippen LogP contribution in [0.25, 0.3) is 11.1 Å². The van der Waals surface area contributed by atoms with E-state index in [4.69, 9.17) is 25.8 Å². The number of hydrogen-bond acceptors (Lipinski definition) is 6. The van der Waals surface area contributed by atoms with Crippen LogP contribution in [0.2, 0.25) is 5.02 Å². The second-order valence-corrected chi connectivity index (χ2v) is 7.48. The number of carboxylic acids is 2. The lowest BCUT2D eigenvalue weighted by Crippen LogP contribution is -2.54. The van der Waals surface area contributed by atoms with Crippen LogP contribution in [0, 0.1) is 0 Å². The molecule has 2 aromatic rings. The first-order valence-electron chi connectivity index (χ1n) is 9.53. The zero-order valence-electron chi connectivity index (χ0n) is 16.4. The highest BCUT2D eigenvalue weighted by molar-refractivity contribution is 6.31. The third-order valence-electron chi connectivity index (χ3n) is 5.02. The Balaban J connectivity index is 2.04. The van der Waals surface area contributed by atoms with E-state index in [0.29, 0.717) is 40.2 Å². The van der Waals surface area contributed by atoms with Crippen molar-refractivity contribution in [2.24, 2.45) is 0 Å². The molecule has 4 rings (SSSR count). The number of carbonyl (C=O) groups excluding carboxylic acids is 1. The molecular formula is C21H18ClNO8. The number of aliphatic carboxylic acids is 2. The standard InChI is InChI=1S/C21H18ClNO8/c1-2-4-12-10-14-17(31-21(30-14,18(24)25)19(26)27)15(11-5-3-6-13(22)9-11)16(12)23-7-8-29-20(23)28/h3,5-6,9-10H,2,4,7-8H2,1H3,(H,24,25)(H,26,27). The van der Waals surface area contributed by atoms with E-state index in [1.807, 2.05) is 6.92 Å². The molecule has 0 atom stereocenters. The van der Waals surface area contributed by atoms with Gasteiger partial charge in [-0.05, 0) is 35.7 Å². The molecule has 10 heteroatoms. The highest BCUT2D eigenvalue weighted by Gasteiger charge is 2.58. The van der Waals surface area contributed by atoms with Gasteiger partial charge in [0.2, 0.25) is 0 Å². The summed E-state index contributed by atoms with van der Waals surface area (Å²) in [7, 11) is 0. The van der Waals surface area contributed by atoms with Gasteiger partial charge in [0.15, 0.2) is 11.5 Å². The van der Waals surface area contributed by atoms with Crippen LogP contribution in [0.5, 0.6) is 11.5 Å². The largest absolute Gasteiger partial charge is 0.475 e. The SMILES string of the molecule is CCCc1cc2c(c(-c3cccc(Cl)c3)c1N1CCOC1=O)OC(C(=O)O)(C(=O)O)O2. The van der Waals surface area contributed by atoms with Crippen molar-refractivity contribution < 1.29 is 38.8 Å². The molecule has 1 saturated heterocycles. The zero-order chi connectivity index (χ0) is 22.3. The van der Waals surface area contributed by atoms with Crippen molar-refractivity contribution in [2.45, 2.75) is 25.6 Å². The van der Waals surface area contributed by atoms with Crippen molar-refractivity contribution >= 4 is 35.3 Å². The van der Waals surface area contributed by atoms with E-state index in [1.54, 1.807) is 24.3 Å². The minimum Gasteiger partial charge on any atom is -0.475 e. The number of carboxylic acid groups (broad SMARTS) is 2. The van der Waals surface area contributed by atoms with Gasteiger partial charge < -0.3 is 24.4 Å². The molecule has 31 heavy (non-hydrogen) atoms. The molecule has 2 aliphatic heterocycles. The van der Waals surface area contributed by atoms with Gasteiger partial charge in [0.25, 0.3) is 0 Å². The number of benzene rings is 2. The Kier molecular flexibility index (Phi) is 5.14. The number of rotatable bonds is 6. The predicted molar refractivity (Wildman–Crippen MR) is 109 cm³/mol. The normalized spacial score (nSPS) is 16.3. The summed E-state index contributed by atoms with van der Waals surface area (Å²) >= 11 is 6.18. The van der Waals surface area contributed by atoms with E-state index in [1.165, 1.54) is 11.0 Å². The van der Waals surface area contributed by atoms with Crippen LogP contribution in [0.3, 0.4) is 0 Å². The van der Waals surface area contributed by atoms with Crippen LogP contribution in [-0.2, 0) is 20.7 Å². The van der Waals surface area contributed by atoms with Crippen molar-refractivity contribution in [3.63, 3.8) is 0 Å². The topological polar surface area (TPSA) is 123 Å².